The highest BCUT2D eigenvalue weighted by atomic mass is 79.9. The van der Waals surface area contributed by atoms with Gasteiger partial charge >= 0.3 is 0 Å². The summed E-state index contributed by atoms with van der Waals surface area (Å²) in [7, 11) is 1.93. The van der Waals surface area contributed by atoms with E-state index in [0.717, 1.165) is 23.4 Å². The molecule has 1 aromatic rings. The summed E-state index contributed by atoms with van der Waals surface area (Å²) in [6, 6.07) is 6.02. The highest BCUT2D eigenvalue weighted by molar-refractivity contribution is 9.10. The van der Waals surface area contributed by atoms with E-state index in [2.05, 4.69) is 35.1 Å². The van der Waals surface area contributed by atoms with Crippen LogP contribution in [0.25, 0.3) is 0 Å². The molecular weight excluding hydrogens is 294 g/mol. The summed E-state index contributed by atoms with van der Waals surface area (Å²) in [5.74, 6) is 1.46. The molecule has 102 valence electrons. The van der Waals surface area contributed by atoms with Crippen LogP contribution in [-0.4, -0.2) is 26.9 Å². The van der Waals surface area contributed by atoms with Crippen LogP contribution in [0.15, 0.2) is 22.7 Å². The fourth-order valence-corrected chi connectivity index (χ4v) is 1.89. The minimum Gasteiger partial charge on any atom is -0.491 e. The van der Waals surface area contributed by atoms with E-state index in [0.29, 0.717) is 19.1 Å². The second kappa shape index (κ2) is 8.51. The van der Waals surface area contributed by atoms with Crippen LogP contribution in [0.3, 0.4) is 0 Å². The summed E-state index contributed by atoms with van der Waals surface area (Å²) in [5.41, 5.74) is 1.19. The van der Waals surface area contributed by atoms with Gasteiger partial charge in [0.2, 0.25) is 0 Å². The molecule has 0 atom stereocenters. The van der Waals surface area contributed by atoms with Crippen molar-refractivity contribution in [1.29, 1.82) is 0 Å². The van der Waals surface area contributed by atoms with E-state index in [1.54, 1.807) is 0 Å². The summed E-state index contributed by atoms with van der Waals surface area (Å²) in [6.07, 6.45) is 0. The normalized spacial score (nSPS) is 10.9. The van der Waals surface area contributed by atoms with Crippen LogP contribution in [0.2, 0.25) is 0 Å². The third kappa shape index (κ3) is 5.85. The van der Waals surface area contributed by atoms with Gasteiger partial charge in [-0.2, -0.15) is 0 Å². The Labute approximate surface area is 118 Å². The van der Waals surface area contributed by atoms with Crippen LogP contribution in [-0.2, 0) is 11.3 Å². The molecule has 0 spiro atoms. The fraction of sp³-hybridized carbons (Fsp3) is 0.571. The lowest BCUT2D eigenvalue weighted by Crippen LogP contribution is -2.10. The largest absolute Gasteiger partial charge is 0.491 e. The number of rotatable bonds is 8. The maximum absolute atomic E-state index is 5.66. The summed E-state index contributed by atoms with van der Waals surface area (Å²) in [4.78, 5) is 0. The minimum atomic E-state index is 0.569. The first-order valence-electron chi connectivity index (χ1n) is 6.27. The molecule has 0 fully saturated rings. The quantitative estimate of drug-likeness (QED) is 0.747. The Morgan fingerprint density at radius 3 is 2.72 bits per heavy atom. The van der Waals surface area contributed by atoms with Gasteiger partial charge in [-0.1, -0.05) is 29.8 Å². The third-order valence-corrected chi connectivity index (χ3v) is 3.11. The van der Waals surface area contributed by atoms with Crippen LogP contribution >= 0.6 is 15.9 Å². The molecular formula is C14H22BrNO2. The molecule has 0 bridgehead atoms. The van der Waals surface area contributed by atoms with E-state index in [-0.39, 0.29) is 0 Å². The van der Waals surface area contributed by atoms with E-state index in [9.17, 15) is 0 Å². The molecule has 0 saturated heterocycles. The molecule has 0 aliphatic heterocycles. The predicted molar refractivity (Wildman–Crippen MR) is 78.1 cm³/mol. The Balaban J connectivity index is 2.35. The number of nitrogens with one attached hydrogen (secondary N) is 1. The first-order chi connectivity index (χ1) is 8.63. The predicted octanol–water partition coefficient (Wildman–Crippen LogP) is 3.22. The van der Waals surface area contributed by atoms with Gasteiger partial charge in [0, 0.05) is 17.6 Å². The first kappa shape index (κ1) is 15.5. The Morgan fingerprint density at radius 2 is 2.06 bits per heavy atom. The average Bonchev–Trinajstić information content (AvgIpc) is 2.32. The van der Waals surface area contributed by atoms with E-state index in [1.165, 1.54) is 5.56 Å². The molecule has 0 radical (unpaired) electrons. The van der Waals surface area contributed by atoms with Crippen molar-refractivity contribution in [2.75, 3.05) is 26.9 Å². The molecule has 0 aliphatic carbocycles. The van der Waals surface area contributed by atoms with Crippen molar-refractivity contribution in [2.45, 2.75) is 20.4 Å². The number of hydrogen-bond acceptors (Lipinski definition) is 3. The Hall–Kier alpha value is -0.580. The van der Waals surface area contributed by atoms with Crippen molar-refractivity contribution in [3.8, 4) is 5.75 Å². The molecule has 0 aromatic heterocycles. The lowest BCUT2D eigenvalue weighted by Gasteiger charge is -2.10. The molecule has 4 heteroatoms. The maximum Gasteiger partial charge on any atom is 0.119 e. The first-order valence-corrected chi connectivity index (χ1v) is 7.06. The maximum atomic E-state index is 5.66. The van der Waals surface area contributed by atoms with Crippen LogP contribution < -0.4 is 10.1 Å². The lowest BCUT2D eigenvalue weighted by atomic mass is 10.2. The van der Waals surface area contributed by atoms with Crippen LogP contribution in [0, 0.1) is 5.92 Å². The van der Waals surface area contributed by atoms with Gasteiger partial charge in [-0.3, -0.25) is 0 Å². The van der Waals surface area contributed by atoms with Gasteiger partial charge in [-0.05, 0) is 36.7 Å². The fourth-order valence-electron chi connectivity index (χ4n) is 1.50. The van der Waals surface area contributed by atoms with Crippen molar-refractivity contribution >= 4 is 15.9 Å². The van der Waals surface area contributed by atoms with E-state index < -0.39 is 0 Å². The molecule has 0 heterocycles. The monoisotopic (exact) mass is 315 g/mol. The van der Waals surface area contributed by atoms with E-state index >= 15 is 0 Å². The summed E-state index contributed by atoms with van der Waals surface area (Å²) >= 11 is 3.52. The molecule has 3 nitrogen and oxygen atoms in total. The molecule has 1 aromatic carbocycles. The topological polar surface area (TPSA) is 30.5 Å². The van der Waals surface area contributed by atoms with Crippen molar-refractivity contribution in [1.82, 2.24) is 5.32 Å². The zero-order chi connectivity index (χ0) is 13.4. The second-order valence-corrected chi connectivity index (χ2v) is 5.46. The lowest BCUT2D eigenvalue weighted by molar-refractivity contribution is 0.0819. The summed E-state index contributed by atoms with van der Waals surface area (Å²) in [6.45, 7) is 7.11. The second-order valence-electron chi connectivity index (χ2n) is 4.60. The Kier molecular flexibility index (Phi) is 7.32. The number of halogens is 1. The molecule has 18 heavy (non-hydrogen) atoms. The molecule has 1 N–H and O–H groups in total. The highest BCUT2D eigenvalue weighted by Gasteiger charge is 2.02. The number of benzene rings is 1. The summed E-state index contributed by atoms with van der Waals surface area (Å²) in [5, 5.41) is 3.13. The number of hydrogen-bond donors (Lipinski definition) is 1. The highest BCUT2D eigenvalue weighted by Crippen LogP contribution is 2.22. The number of ether oxygens (including phenoxy) is 2. The smallest absolute Gasteiger partial charge is 0.119 e. The molecule has 0 unspecified atom stereocenters. The standard InChI is InChI=1S/C14H22BrNO2/c1-11(2)10-17-6-7-18-13-4-5-14(15)12(8-13)9-16-3/h4-5,8,11,16H,6-7,9-10H2,1-3H3. The molecule has 0 amide bonds. The van der Waals surface area contributed by atoms with Crippen LogP contribution in [0.4, 0.5) is 0 Å². The van der Waals surface area contributed by atoms with Crippen LogP contribution in [0.1, 0.15) is 19.4 Å². The van der Waals surface area contributed by atoms with Crippen molar-refractivity contribution in [3.63, 3.8) is 0 Å². The minimum absolute atomic E-state index is 0.569. The van der Waals surface area contributed by atoms with Gasteiger partial charge in [0.15, 0.2) is 0 Å². The van der Waals surface area contributed by atoms with Crippen LogP contribution in [0.5, 0.6) is 5.75 Å². The van der Waals surface area contributed by atoms with Gasteiger partial charge < -0.3 is 14.8 Å². The molecule has 1 rings (SSSR count). The van der Waals surface area contributed by atoms with Gasteiger partial charge in [0.25, 0.3) is 0 Å². The SMILES string of the molecule is CNCc1cc(OCCOCC(C)C)ccc1Br. The zero-order valence-corrected chi connectivity index (χ0v) is 12.9. The van der Waals surface area contributed by atoms with Gasteiger partial charge in [0.1, 0.15) is 12.4 Å². The Bertz CT molecular complexity index is 356. The summed E-state index contributed by atoms with van der Waals surface area (Å²) < 4.78 is 12.2. The van der Waals surface area contributed by atoms with E-state index in [4.69, 9.17) is 9.47 Å². The Morgan fingerprint density at radius 1 is 1.28 bits per heavy atom. The van der Waals surface area contributed by atoms with Gasteiger partial charge in [-0.25, -0.2) is 0 Å². The average molecular weight is 316 g/mol. The van der Waals surface area contributed by atoms with Gasteiger partial charge in [-0.15, -0.1) is 0 Å². The van der Waals surface area contributed by atoms with Gasteiger partial charge in [0.05, 0.1) is 6.61 Å². The molecule has 0 aliphatic rings. The van der Waals surface area contributed by atoms with Crippen molar-refractivity contribution in [3.05, 3.63) is 28.2 Å². The van der Waals surface area contributed by atoms with Crippen molar-refractivity contribution < 1.29 is 9.47 Å². The van der Waals surface area contributed by atoms with E-state index in [1.807, 2.05) is 25.2 Å². The zero-order valence-electron chi connectivity index (χ0n) is 11.3. The third-order valence-electron chi connectivity index (χ3n) is 2.33. The molecule has 0 saturated carbocycles. The van der Waals surface area contributed by atoms with Crippen molar-refractivity contribution in [2.24, 2.45) is 5.92 Å².